The van der Waals surface area contributed by atoms with Crippen LogP contribution in [-0.4, -0.2) is 19.0 Å². The van der Waals surface area contributed by atoms with Crippen LogP contribution in [0.3, 0.4) is 0 Å². The molecule has 1 aromatic carbocycles. The predicted octanol–water partition coefficient (Wildman–Crippen LogP) is 5.65. The van der Waals surface area contributed by atoms with Crippen LogP contribution in [0.1, 0.15) is 58.9 Å². The van der Waals surface area contributed by atoms with Crippen LogP contribution in [0.4, 0.5) is 11.4 Å². The molecular formula is C20H30N2O. The molecular weight excluding hydrogens is 284 g/mol. The highest BCUT2D eigenvalue weighted by Gasteiger charge is 2.31. The van der Waals surface area contributed by atoms with Gasteiger partial charge in [-0.2, -0.15) is 0 Å². The Bertz CT molecular complexity index is 591. The Labute approximate surface area is 141 Å². The molecule has 0 radical (unpaired) electrons. The molecule has 0 aromatic heterocycles. The monoisotopic (exact) mass is 314 g/mol. The maximum Gasteiger partial charge on any atom is 0.237 e. The second-order valence-corrected chi connectivity index (χ2v) is 6.24. The van der Waals surface area contributed by atoms with Gasteiger partial charge in [-0.05, 0) is 29.9 Å². The molecule has 2 atom stereocenters. The maximum atomic E-state index is 5.94. The quantitative estimate of drug-likeness (QED) is 0.720. The third-order valence-electron chi connectivity index (χ3n) is 4.63. The van der Waals surface area contributed by atoms with Crippen LogP contribution in [0, 0.1) is 5.92 Å². The molecule has 2 aliphatic rings. The summed E-state index contributed by atoms with van der Waals surface area (Å²) < 4.78 is 5.94. The van der Waals surface area contributed by atoms with E-state index in [-0.39, 0.29) is 0 Å². The van der Waals surface area contributed by atoms with Gasteiger partial charge in [-0.1, -0.05) is 59.8 Å². The molecule has 0 saturated carbocycles. The number of benzene rings is 1. The first-order valence-electron chi connectivity index (χ1n) is 8.93. The molecule has 0 aliphatic carbocycles. The van der Waals surface area contributed by atoms with Crippen molar-refractivity contribution >= 4 is 17.3 Å². The minimum atomic E-state index is 0.537. The molecule has 3 rings (SSSR count). The summed E-state index contributed by atoms with van der Waals surface area (Å²) in [5, 5.41) is 0. The lowest BCUT2D eigenvalue weighted by molar-refractivity contribution is 0.244. The van der Waals surface area contributed by atoms with Gasteiger partial charge in [-0.15, -0.1) is 0 Å². The molecule has 2 aliphatic heterocycles. The maximum absolute atomic E-state index is 5.94. The summed E-state index contributed by atoms with van der Waals surface area (Å²) in [5.74, 6) is 1.81. The molecule has 0 N–H and O–H groups in total. The zero-order valence-electron chi connectivity index (χ0n) is 15.2. The van der Waals surface area contributed by atoms with E-state index in [0.29, 0.717) is 24.3 Å². The standard InChI is InChI=1S/C18H24N2O.C2H6/c1-5-12(2)11-21-18-14(4)20-10-9-13(3)15-7-6-8-16(19-18)17(15)20;1-2/h6-8,12-13H,4-5,9-11H2,1-3H3;1-2H3. The molecule has 0 saturated heterocycles. The summed E-state index contributed by atoms with van der Waals surface area (Å²) in [6.07, 6.45) is 2.26. The number of rotatable bonds is 3. The van der Waals surface area contributed by atoms with E-state index < -0.39 is 0 Å². The third kappa shape index (κ3) is 3.44. The average molecular weight is 314 g/mol. The third-order valence-corrected chi connectivity index (χ3v) is 4.63. The van der Waals surface area contributed by atoms with E-state index in [1.807, 2.05) is 13.8 Å². The van der Waals surface area contributed by atoms with Gasteiger partial charge < -0.3 is 9.64 Å². The van der Waals surface area contributed by atoms with Crippen molar-refractivity contribution in [2.45, 2.75) is 53.4 Å². The predicted molar refractivity (Wildman–Crippen MR) is 99.8 cm³/mol. The number of anilines is 1. The molecule has 3 nitrogen and oxygen atoms in total. The largest absolute Gasteiger partial charge is 0.476 e. The normalized spacial score (nSPS) is 20.0. The van der Waals surface area contributed by atoms with Crippen molar-refractivity contribution in [1.82, 2.24) is 0 Å². The van der Waals surface area contributed by atoms with Crippen molar-refractivity contribution in [3.63, 3.8) is 0 Å². The number of para-hydroxylation sites is 1. The first-order chi connectivity index (χ1) is 11.1. The lowest BCUT2D eigenvalue weighted by Crippen LogP contribution is -2.36. The zero-order chi connectivity index (χ0) is 17.0. The van der Waals surface area contributed by atoms with Gasteiger partial charge >= 0.3 is 0 Å². The molecule has 1 aromatic rings. The fourth-order valence-corrected chi connectivity index (χ4v) is 2.93. The number of hydrogen-bond donors (Lipinski definition) is 0. The first-order valence-corrected chi connectivity index (χ1v) is 8.93. The molecule has 23 heavy (non-hydrogen) atoms. The Kier molecular flexibility index (Phi) is 5.86. The fourth-order valence-electron chi connectivity index (χ4n) is 2.93. The van der Waals surface area contributed by atoms with Crippen LogP contribution in [-0.2, 0) is 4.74 Å². The highest BCUT2D eigenvalue weighted by Crippen LogP contribution is 2.45. The Hall–Kier alpha value is -1.77. The highest BCUT2D eigenvalue weighted by atomic mass is 16.5. The van der Waals surface area contributed by atoms with Gasteiger partial charge in [0, 0.05) is 6.54 Å². The number of nitrogens with zero attached hydrogens (tertiary/aromatic N) is 2. The molecule has 3 heteroatoms. The van der Waals surface area contributed by atoms with Gasteiger partial charge in [-0.25, -0.2) is 4.99 Å². The van der Waals surface area contributed by atoms with Gasteiger partial charge in [-0.3, -0.25) is 0 Å². The summed E-state index contributed by atoms with van der Waals surface area (Å²) >= 11 is 0. The highest BCUT2D eigenvalue weighted by molar-refractivity contribution is 6.03. The molecule has 0 bridgehead atoms. The van der Waals surface area contributed by atoms with E-state index >= 15 is 0 Å². The van der Waals surface area contributed by atoms with Gasteiger partial charge in [0.05, 0.1) is 23.7 Å². The van der Waals surface area contributed by atoms with Crippen molar-refractivity contribution in [3.8, 4) is 0 Å². The summed E-state index contributed by atoms with van der Waals surface area (Å²) in [7, 11) is 0. The zero-order valence-corrected chi connectivity index (χ0v) is 15.2. The molecule has 0 fully saturated rings. The fraction of sp³-hybridized carbons (Fsp3) is 0.550. The van der Waals surface area contributed by atoms with E-state index in [4.69, 9.17) is 9.73 Å². The summed E-state index contributed by atoms with van der Waals surface area (Å²) in [5.41, 5.74) is 4.54. The lowest BCUT2D eigenvalue weighted by atomic mass is 9.90. The van der Waals surface area contributed by atoms with Gasteiger partial charge in [0.2, 0.25) is 5.90 Å². The molecule has 0 spiro atoms. The van der Waals surface area contributed by atoms with Gasteiger partial charge in [0.1, 0.15) is 0 Å². The van der Waals surface area contributed by atoms with Crippen molar-refractivity contribution in [2.75, 3.05) is 18.1 Å². The summed E-state index contributed by atoms with van der Waals surface area (Å²) in [4.78, 5) is 6.99. The summed E-state index contributed by atoms with van der Waals surface area (Å²) in [6.45, 7) is 16.6. The topological polar surface area (TPSA) is 24.8 Å². The molecule has 126 valence electrons. The minimum Gasteiger partial charge on any atom is -0.476 e. The van der Waals surface area contributed by atoms with Crippen LogP contribution in [0.2, 0.25) is 0 Å². The van der Waals surface area contributed by atoms with Crippen LogP contribution in [0.15, 0.2) is 35.5 Å². The lowest BCUT2D eigenvalue weighted by Gasteiger charge is -2.38. The first kappa shape index (κ1) is 17.6. The van der Waals surface area contributed by atoms with E-state index in [1.54, 1.807) is 0 Å². The second-order valence-electron chi connectivity index (χ2n) is 6.24. The Morgan fingerprint density at radius 2 is 2.13 bits per heavy atom. The van der Waals surface area contributed by atoms with Crippen LogP contribution in [0.25, 0.3) is 0 Å². The van der Waals surface area contributed by atoms with Crippen molar-refractivity contribution < 1.29 is 4.74 Å². The molecule has 2 unspecified atom stereocenters. The SMILES string of the molecule is C=C1C(OCC(C)CC)=Nc2cccc3c2N1CCC3C.CC. The van der Waals surface area contributed by atoms with E-state index in [0.717, 1.165) is 30.8 Å². The Morgan fingerprint density at radius 3 is 2.83 bits per heavy atom. The number of ether oxygens (including phenoxy) is 1. The molecule has 0 amide bonds. The van der Waals surface area contributed by atoms with E-state index in [9.17, 15) is 0 Å². The van der Waals surface area contributed by atoms with Crippen molar-refractivity contribution in [2.24, 2.45) is 10.9 Å². The smallest absolute Gasteiger partial charge is 0.237 e. The second kappa shape index (κ2) is 7.67. The minimum absolute atomic E-state index is 0.537. The average Bonchev–Trinajstić information content (AvgIpc) is 2.59. The van der Waals surface area contributed by atoms with Crippen molar-refractivity contribution in [3.05, 3.63) is 36.0 Å². The molecule has 2 heterocycles. The summed E-state index contributed by atoms with van der Waals surface area (Å²) in [6, 6.07) is 6.38. The Balaban J connectivity index is 0.000000924. The number of aliphatic imine (C=N–C) groups is 1. The van der Waals surface area contributed by atoms with Crippen LogP contribution in [0.5, 0.6) is 0 Å². The van der Waals surface area contributed by atoms with Gasteiger partial charge in [0.25, 0.3) is 0 Å². The number of hydrogen-bond acceptors (Lipinski definition) is 3. The van der Waals surface area contributed by atoms with E-state index in [2.05, 4.69) is 50.4 Å². The van der Waals surface area contributed by atoms with Gasteiger partial charge in [0.15, 0.2) is 0 Å². The Morgan fingerprint density at radius 1 is 1.39 bits per heavy atom. The van der Waals surface area contributed by atoms with Crippen LogP contribution >= 0.6 is 0 Å². The van der Waals surface area contributed by atoms with E-state index in [1.165, 1.54) is 11.3 Å². The van der Waals surface area contributed by atoms with Crippen LogP contribution < -0.4 is 4.90 Å². The van der Waals surface area contributed by atoms with Crippen molar-refractivity contribution in [1.29, 1.82) is 0 Å².